The number of aromatic nitrogens is 2. The lowest BCUT2D eigenvalue weighted by Gasteiger charge is -2.50. The normalized spacial score (nSPS) is 27.3. The summed E-state index contributed by atoms with van der Waals surface area (Å²) in [5.74, 6) is 6.99. The van der Waals surface area contributed by atoms with Crippen LogP contribution in [0.3, 0.4) is 0 Å². The second kappa shape index (κ2) is 7.69. The van der Waals surface area contributed by atoms with E-state index in [2.05, 4.69) is 46.2 Å². The van der Waals surface area contributed by atoms with Crippen LogP contribution < -0.4 is 15.1 Å². The lowest BCUT2D eigenvalue weighted by atomic mass is 9.79. The third-order valence-corrected chi connectivity index (χ3v) is 7.36. The maximum absolute atomic E-state index is 12.9. The molecule has 3 fully saturated rings. The number of urea groups is 1. The van der Waals surface area contributed by atoms with Crippen LogP contribution in [0, 0.1) is 17.8 Å². The summed E-state index contributed by atoms with van der Waals surface area (Å²) >= 11 is 1.68. The van der Waals surface area contributed by atoms with Gasteiger partial charge in [-0.15, -0.1) is 11.3 Å². The van der Waals surface area contributed by atoms with Gasteiger partial charge in [-0.05, 0) is 57.0 Å². The van der Waals surface area contributed by atoms with Gasteiger partial charge in [-0.3, -0.25) is 14.5 Å². The summed E-state index contributed by atoms with van der Waals surface area (Å²) in [6.45, 7) is 5.77. The van der Waals surface area contributed by atoms with Gasteiger partial charge in [0.05, 0.1) is 4.88 Å². The lowest BCUT2D eigenvalue weighted by molar-refractivity contribution is 0.0255. The first-order chi connectivity index (χ1) is 14.2. The van der Waals surface area contributed by atoms with Crippen LogP contribution in [-0.2, 0) is 6.54 Å². The van der Waals surface area contributed by atoms with Crippen molar-refractivity contribution in [1.82, 2.24) is 24.9 Å². The zero-order chi connectivity index (χ0) is 19.8. The van der Waals surface area contributed by atoms with E-state index in [0.29, 0.717) is 25.0 Å². The summed E-state index contributed by atoms with van der Waals surface area (Å²) in [5, 5.41) is 8.55. The number of carbonyl (C=O) groups is 1. The molecule has 4 aliphatic heterocycles. The maximum Gasteiger partial charge on any atom is 0.321 e. The molecule has 0 aliphatic carbocycles. The van der Waals surface area contributed by atoms with Gasteiger partial charge in [-0.25, -0.2) is 4.79 Å². The molecule has 2 atom stereocenters. The summed E-state index contributed by atoms with van der Waals surface area (Å²) in [5.41, 5.74) is 0. The Labute approximate surface area is 174 Å². The molecule has 6 rings (SSSR count). The fourth-order valence-electron chi connectivity index (χ4n) is 4.66. The third kappa shape index (κ3) is 3.70. The number of nitrogens with one attached hydrogen (secondary N) is 1. The van der Waals surface area contributed by atoms with Crippen molar-refractivity contribution in [2.45, 2.75) is 38.4 Å². The van der Waals surface area contributed by atoms with Crippen molar-refractivity contribution in [3.63, 3.8) is 0 Å². The minimum Gasteiger partial charge on any atom is -0.333 e. The number of hydrogen-bond acceptors (Lipinski definition) is 4. The van der Waals surface area contributed by atoms with Gasteiger partial charge < -0.3 is 5.32 Å². The van der Waals surface area contributed by atoms with Gasteiger partial charge in [-0.1, -0.05) is 11.8 Å². The van der Waals surface area contributed by atoms with Crippen LogP contribution in [0.4, 0.5) is 4.79 Å². The van der Waals surface area contributed by atoms with Crippen molar-refractivity contribution in [2.24, 2.45) is 5.92 Å². The first-order valence-corrected chi connectivity index (χ1v) is 11.1. The van der Waals surface area contributed by atoms with Crippen molar-refractivity contribution in [3.8, 4) is 11.8 Å². The molecule has 150 valence electrons. The van der Waals surface area contributed by atoms with Crippen LogP contribution in [0.1, 0.15) is 24.6 Å². The predicted octanol–water partition coefficient (Wildman–Crippen LogP) is 1.02. The Morgan fingerprint density at radius 1 is 1.38 bits per heavy atom. The molecule has 0 aromatic carbocycles. The second-order valence-corrected chi connectivity index (χ2v) is 9.09. The Morgan fingerprint density at radius 2 is 2.24 bits per heavy atom. The Morgan fingerprint density at radius 3 is 3.00 bits per heavy atom. The quantitative estimate of drug-likeness (QED) is 0.757. The summed E-state index contributed by atoms with van der Waals surface area (Å²) in [6.07, 6.45) is 10.1. The Hall–Kier alpha value is -2.56. The third-order valence-electron chi connectivity index (χ3n) is 6.30. The molecular formula is C22H25N5OS. The zero-order valence-electron chi connectivity index (χ0n) is 16.5. The number of hydrogen-bond donors (Lipinski definition) is 1. The molecule has 2 amide bonds. The Balaban J connectivity index is 1.28. The van der Waals surface area contributed by atoms with E-state index in [1.54, 1.807) is 27.1 Å². The number of amides is 2. The van der Waals surface area contributed by atoms with E-state index in [1.807, 2.05) is 18.5 Å². The molecule has 6 heterocycles. The van der Waals surface area contributed by atoms with Crippen LogP contribution in [0.15, 0.2) is 24.5 Å². The van der Waals surface area contributed by atoms with Crippen molar-refractivity contribution in [1.29, 1.82) is 0 Å². The van der Waals surface area contributed by atoms with E-state index >= 15 is 0 Å². The molecular weight excluding hydrogens is 382 g/mol. The van der Waals surface area contributed by atoms with Gasteiger partial charge in [0.2, 0.25) is 0 Å². The van der Waals surface area contributed by atoms with Crippen molar-refractivity contribution in [3.05, 3.63) is 39.2 Å². The highest BCUT2D eigenvalue weighted by Crippen LogP contribution is 2.32. The summed E-state index contributed by atoms with van der Waals surface area (Å²) in [7, 11) is 0. The van der Waals surface area contributed by atoms with Crippen LogP contribution >= 0.6 is 11.3 Å². The van der Waals surface area contributed by atoms with Crippen molar-refractivity contribution >= 4 is 29.6 Å². The first kappa shape index (κ1) is 18.5. The summed E-state index contributed by atoms with van der Waals surface area (Å²) in [4.78, 5) is 18.2. The molecule has 6 nitrogen and oxygen atoms in total. The van der Waals surface area contributed by atoms with E-state index < -0.39 is 0 Å². The average Bonchev–Trinajstić information content (AvgIpc) is 3.39. The Kier molecular flexibility index (Phi) is 4.90. The minimum absolute atomic E-state index is 0.00927. The maximum atomic E-state index is 12.9. The van der Waals surface area contributed by atoms with Gasteiger partial charge in [0, 0.05) is 47.0 Å². The molecule has 29 heavy (non-hydrogen) atoms. The topological polar surface area (TPSA) is 53.4 Å². The number of nitrogens with zero attached hydrogens (tertiary/aromatic N) is 4. The monoisotopic (exact) mass is 407 g/mol. The lowest BCUT2D eigenvalue weighted by Crippen LogP contribution is -2.63. The molecule has 4 aliphatic rings. The average molecular weight is 408 g/mol. The number of thiophene rings is 1. The second-order valence-electron chi connectivity index (χ2n) is 8.01. The van der Waals surface area contributed by atoms with Gasteiger partial charge in [-0.2, -0.15) is 5.10 Å². The first-order valence-electron chi connectivity index (χ1n) is 10.3. The summed E-state index contributed by atoms with van der Waals surface area (Å²) < 4.78 is 2.99. The largest absolute Gasteiger partial charge is 0.333 e. The van der Waals surface area contributed by atoms with E-state index in [0.717, 1.165) is 10.1 Å². The minimum atomic E-state index is 0.00927. The van der Waals surface area contributed by atoms with Crippen LogP contribution in [-0.4, -0.2) is 57.3 Å². The molecule has 2 aromatic heterocycles. The van der Waals surface area contributed by atoms with E-state index in [-0.39, 0.29) is 12.1 Å². The number of carbonyl (C=O) groups excluding carboxylic acids is 1. The summed E-state index contributed by atoms with van der Waals surface area (Å²) in [6, 6.07) is 4.66. The predicted molar refractivity (Wildman–Crippen MR) is 114 cm³/mol. The van der Waals surface area contributed by atoms with Gasteiger partial charge in [0.15, 0.2) is 0 Å². The molecule has 3 saturated heterocycles. The molecule has 0 unspecified atom stereocenters. The van der Waals surface area contributed by atoms with Crippen LogP contribution in [0.25, 0.3) is 12.3 Å². The standard InChI is InChI=1S/C22H25N5OS/c1-16-21(17-5-11-25(16)12-6-17)24-22(28)26-13-7-20-18(15-26)14-19(29-20)4-2-9-27-10-3-8-23-27/h3,7-8,10,14-17,21H,5-6,9,11-13H2,1H3,(H,24,28)/t16-,21-/m0/s1. The van der Waals surface area contributed by atoms with E-state index in [4.69, 9.17) is 0 Å². The highest BCUT2D eigenvalue weighted by atomic mass is 32.1. The number of rotatable bonds is 2. The van der Waals surface area contributed by atoms with E-state index in [9.17, 15) is 4.79 Å². The highest BCUT2D eigenvalue weighted by molar-refractivity contribution is 7.10. The smallest absolute Gasteiger partial charge is 0.321 e. The molecule has 7 heteroatoms. The molecule has 0 radical (unpaired) electrons. The van der Waals surface area contributed by atoms with E-state index in [1.165, 1.54) is 30.5 Å². The molecule has 0 spiro atoms. The highest BCUT2D eigenvalue weighted by Gasteiger charge is 2.40. The van der Waals surface area contributed by atoms with Crippen LogP contribution in [0.2, 0.25) is 0 Å². The van der Waals surface area contributed by atoms with Crippen LogP contribution in [0.5, 0.6) is 0 Å². The fourth-order valence-corrected chi connectivity index (χ4v) is 5.59. The molecule has 0 saturated carbocycles. The van der Waals surface area contributed by atoms with Gasteiger partial charge >= 0.3 is 6.03 Å². The SMILES string of the molecule is C[C@H]1[C@H](NC(=O)N2C=c3cc(C#CCn4cccn4)sc3=CC2)C2CCN1CC2. The van der Waals surface area contributed by atoms with Gasteiger partial charge in [0.1, 0.15) is 6.54 Å². The zero-order valence-corrected chi connectivity index (χ0v) is 17.4. The molecule has 1 N–H and O–H groups in total. The molecule has 2 bridgehead atoms. The number of piperidine rings is 3. The van der Waals surface area contributed by atoms with Crippen molar-refractivity contribution < 1.29 is 4.79 Å². The van der Waals surface area contributed by atoms with Gasteiger partial charge in [0.25, 0.3) is 0 Å². The Bertz CT molecular complexity index is 1070. The fraction of sp³-hybridized carbons (Fsp3) is 0.455. The molecule has 2 aromatic rings. The number of fused-ring (bicyclic) bond motifs is 4. The van der Waals surface area contributed by atoms with Crippen molar-refractivity contribution in [2.75, 3.05) is 19.6 Å².